The Morgan fingerprint density at radius 2 is 1.80 bits per heavy atom. The normalized spacial score (nSPS) is 25.9. The van der Waals surface area contributed by atoms with E-state index in [1.54, 1.807) is 7.05 Å². The van der Waals surface area contributed by atoms with E-state index < -0.39 is 62.3 Å². The summed E-state index contributed by atoms with van der Waals surface area (Å²) in [5, 5.41) is 38.8. The summed E-state index contributed by atoms with van der Waals surface area (Å²) >= 11 is 6.28. The fraction of sp³-hybridized carbons (Fsp3) is 0.407. The van der Waals surface area contributed by atoms with Crippen molar-refractivity contribution in [1.82, 2.24) is 9.78 Å². The molecule has 13 heteroatoms. The topological polar surface area (TPSA) is 142 Å². The van der Waals surface area contributed by atoms with Crippen LogP contribution in [0.5, 0.6) is 0 Å². The van der Waals surface area contributed by atoms with Crippen LogP contribution in [0.4, 0.5) is 14.5 Å². The van der Waals surface area contributed by atoms with Gasteiger partial charge in [0.05, 0.1) is 27.0 Å². The van der Waals surface area contributed by atoms with Gasteiger partial charge in [-0.2, -0.15) is 5.10 Å². The number of benzene rings is 2. The number of amides is 1. The summed E-state index contributed by atoms with van der Waals surface area (Å²) in [5.41, 5.74) is -1.43. The van der Waals surface area contributed by atoms with Crippen molar-refractivity contribution < 1.29 is 37.3 Å². The highest BCUT2D eigenvalue weighted by Crippen LogP contribution is 2.55. The molecule has 3 unspecified atom stereocenters. The van der Waals surface area contributed by atoms with Gasteiger partial charge in [0, 0.05) is 36.1 Å². The summed E-state index contributed by atoms with van der Waals surface area (Å²) in [4.78, 5) is 12.5. The molecule has 6 atom stereocenters. The number of carbonyl (C=O) groups excluding carboxylic acids is 1. The first-order chi connectivity index (χ1) is 18.8. The Balaban J connectivity index is 1.37. The number of sulfone groups is 1. The van der Waals surface area contributed by atoms with Gasteiger partial charge in [-0.1, -0.05) is 11.6 Å². The molecule has 1 amide bonds. The number of halogens is 3. The first-order valence-electron chi connectivity index (χ1n) is 12.7. The SMILES string of the molecule is Cn1cc(C(O)C(O)[C@@]2(O)C3CC[C@H]2C[C@H](S(=O)(=O)c2cc(C(=O)Nc4ccc(F)c(F)c4)ccc2Cl)C3)cn1. The van der Waals surface area contributed by atoms with Crippen molar-refractivity contribution in [2.24, 2.45) is 18.9 Å². The lowest BCUT2D eigenvalue weighted by atomic mass is 9.69. The average molecular weight is 596 g/mol. The minimum Gasteiger partial charge on any atom is -0.387 e. The quantitative estimate of drug-likeness (QED) is 0.328. The summed E-state index contributed by atoms with van der Waals surface area (Å²) < 4.78 is 55.8. The lowest BCUT2D eigenvalue weighted by Gasteiger charge is -2.46. The van der Waals surface area contributed by atoms with Crippen molar-refractivity contribution >= 4 is 33.0 Å². The molecule has 40 heavy (non-hydrogen) atoms. The predicted molar refractivity (Wildman–Crippen MR) is 141 cm³/mol. The lowest BCUT2D eigenvalue weighted by molar-refractivity contribution is -0.177. The average Bonchev–Trinajstić information content (AvgIpc) is 3.39. The second-order valence-corrected chi connectivity index (χ2v) is 13.2. The standard InChI is InChI=1S/C27H28ClF2N3O6S/c1-33-13-15(12-31-33)24(34)25(35)27(37)16-3-4-17(27)10-19(9-16)40(38,39)23-8-14(2-6-20(23)28)26(36)32-18-5-7-21(29)22(30)11-18/h2,5-8,11-13,16-17,19,24-25,34-35,37H,3-4,9-10H2,1H3,(H,32,36)/t16-,17?,19-,24?,25?,27-/m0/s1. The van der Waals surface area contributed by atoms with Crippen molar-refractivity contribution in [3.05, 3.63) is 76.6 Å². The number of rotatable bonds is 7. The highest BCUT2D eigenvalue weighted by molar-refractivity contribution is 7.92. The van der Waals surface area contributed by atoms with E-state index in [2.05, 4.69) is 10.4 Å². The number of nitrogens with zero attached hydrogens (tertiary/aromatic N) is 2. The molecule has 0 aliphatic heterocycles. The van der Waals surface area contributed by atoms with Crippen molar-refractivity contribution in [1.29, 1.82) is 0 Å². The molecule has 2 aliphatic rings. The first-order valence-corrected chi connectivity index (χ1v) is 14.6. The second-order valence-electron chi connectivity index (χ2n) is 10.6. The van der Waals surface area contributed by atoms with Crippen LogP contribution in [0.15, 0.2) is 53.7 Å². The summed E-state index contributed by atoms with van der Waals surface area (Å²) in [7, 11) is -2.44. The molecular weight excluding hydrogens is 568 g/mol. The van der Waals surface area contributed by atoms with E-state index >= 15 is 0 Å². The van der Waals surface area contributed by atoms with Crippen molar-refractivity contribution in [3.63, 3.8) is 0 Å². The zero-order valence-corrected chi connectivity index (χ0v) is 22.9. The molecule has 0 saturated heterocycles. The molecular formula is C27H28ClF2N3O6S. The molecule has 3 aromatic rings. The van der Waals surface area contributed by atoms with Crippen molar-refractivity contribution in [2.75, 3.05) is 5.32 Å². The van der Waals surface area contributed by atoms with Gasteiger partial charge < -0.3 is 20.6 Å². The Morgan fingerprint density at radius 1 is 1.12 bits per heavy atom. The predicted octanol–water partition coefficient (Wildman–Crippen LogP) is 3.39. The molecule has 2 fully saturated rings. The maximum atomic E-state index is 13.8. The molecule has 5 rings (SSSR count). The third-order valence-corrected chi connectivity index (χ3v) is 10.9. The van der Waals surface area contributed by atoms with Crippen LogP contribution in [0.1, 0.15) is 47.7 Å². The van der Waals surface area contributed by atoms with Crippen LogP contribution in [0.3, 0.4) is 0 Å². The molecule has 4 N–H and O–H groups in total. The van der Waals surface area contributed by atoms with Crippen molar-refractivity contribution in [2.45, 2.75) is 53.6 Å². The van der Waals surface area contributed by atoms with Crippen LogP contribution in [-0.4, -0.2) is 56.4 Å². The van der Waals surface area contributed by atoms with Gasteiger partial charge in [-0.05, 0) is 67.9 Å². The highest BCUT2D eigenvalue weighted by atomic mass is 35.5. The maximum absolute atomic E-state index is 13.8. The minimum atomic E-state index is -4.09. The van der Waals surface area contributed by atoms with E-state index in [-0.39, 0.29) is 34.0 Å². The second kappa shape index (κ2) is 10.5. The molecule has 2 aromatic carbocycles. The fourth-order valence-electron chi connectivity index (χ4n) is 6.13. The lowest BCUT2D eigenvalue weighted by Crippen LogP contribution is -2.57. The van der Waals surface area contributed by atoms with Gasteiger partial charge in [0.2, 0.25) is 0 Å². The Bertz CT molecular complexity index is 1550. The van der Waals surface area contributed by atoms with Gasteiger partial charge in [-0.15, -0.1) is 0 Å². The fourth-order valence-corrected chi connectivity index (χ4v) is 8.53. The number of aliphatic hydroxyl groups is 3. The monoisotopic (exact) mass is 595 g/mol. The number of hydrogen-bond acceptors (Lipinski definition) is 7. The van der Waals surface area contributed by atoms with E-state index in [0.29, 0.717) is 18.4 Å². The molecule has 2 bridgehead atoms. The van der Waals surface area contributed by atoms with Crippen LogP contribution >= 0.6 is 11.6 Å². The number of nitrogens with one attached hydrogen (secondary N) is 1. The Labute approximate surface area is 234 Å². The van der Waals surface area contributed by atoms with Crippen LogP contribution < -0.4 is 5.32 Å². The summed E-state index contributed by atoms with van der Waals surface area (Å²) in [6, 6.07) is 6.55. The van der Waals surface area contributed by atoms with Gasteiger partial charge in [0.15, 0.2) is 21.5 Å². The largest absolute Gasteiger partial charge is 0.387 e. The Hall–Kier alpha value is -2.90. The van der Waals surface area contributed by atoms with E-state index in [9.17, 15) is 37.3 Å². The third-order valence-electron chi connectivity index (χ3n) is 8.22. The molecule has 0 radical (unpaired) electrons. The molecule has 0 spiro atoms. The molecule has 9 nitrogen and oxygen atoms in total. The van der Waals surface area contributed by atoms with Gasteiger partial charge in [-0.3, -0.25) is 9.48 Å². The summed E-state index contributed by atoms with van der Waals surface area (Å²) in [5.74, 6) is -4.19. The first kappa shape index (κ1) is 28.6. The van der Waals surface area contributed by atoms with Crippen LogP contribution in [0.2, 0.25) is 5.02 Å². The van der Waals surface area contributed by atoms with Crippen LogP contribution in [0.25, 0.3) is 0 Å². The number of fused-ring (bicyclic) bond motifs is 2. The molecule has 214 valence electrons. The number of hydrogen-bond donors (Lipinski definition) is 4. The van der Waals surface area contributed by atoms with E-state index in [1.807, 2.05) is 0 Å². The number of aryl methyl sites for hydroxylation is 1. The summed E-state index contributed by atoms with van der Waals surface area (Å²) in [6.45, 7) is 0. The van der Waals surface area contributed by atoms with Gasteiger partial charge >= 0.3 is 0 Å². The number of aromatic nitrogens is 2. The number of aliphatic hydroxyl groups excluding tert-OH is 2. The van der Waals surface area contributed by atoms with Gasteiger partial charge in [0.25, 0.3) is 5.91 Å². The summed E-state index contributed by atoms with van der Waals surface area (Å²) in [6.07, 6.45) is 0.948. The maximum Gasteiger partial charge on any atom is 0.255 e. The van der Waals surface area contributed by atoms with Crippen molar-refractivity contribution in [3.8, 4) is 0 Å². The minimum absolute atomic E-state index is 0.0153. The zero-order chi connectivity index (χ0) is 29.0. The number of anilines is 1. The highest BCUT2D eigenvalue weighted by Gasteiger charge is 2.60. The van der Waals surface area contributed by atoms with E-state index in [0.717, 1.165) is 18.2 Å². The Kier molecular flexibility index (Phi) is 7.51. The number of carbonyl (C=O) groups is 1. The molecule has 1 aromatic heterocycles. The molecule has 1 heterocycles. The van der Waals surface area contributed by atoms with E-state index in [4.69, 9.17) is 11.6 Å². The Morgan fingerprint density at radius 3 is 2.40 bits per heavy atom. The molecule has 2 aliphatic carbocycles. The smallest absolute Gasteiger partial charge is 0.255 e. The van der Waals surface area contributed by atoms with Crippen LogP contribution in [-0.2, 0) is 16.9 Å². The van der Waals surface area contributed by atoms with Crippen LogP contribution in [0, 0.1) is 23.5 Å². The van der Waals surface area contributed by atoms with E-state index in [1.165, 1.54) is 35.3 Å². The zero-order valence-electron chi connectivity index (χ0n) is 21.3. The van der Waals surface area contributed by atoms with Gasteiger partial charge in [-0.25, -0.2) is 17.2 Å². The third kappa shape index (κ3) is 4.92. The van der Waals surface area contributed by atoms with Gasteiger partial charge in [0.1, 0.15) is 12.2 Å². The molecule has 2 saturated carbocycles.